The van der Waals surface area contributed by atoms with Gasteiger partial charge in [0, 0.05) is 28.8 Å². The average Bonchev–Trinajstić information content (AvgIpc) is 2.91. The van der Waals surface area contributed by atoms with Gasteiger partial charge in [0.15, 0.2) is 11.5 Å². The van der Waals surface area contributed by atoms with Crippen LogP contribution in [-0.2, 0) is 19.7 Å². The largest absolute Gasteiger partial charge is 0.497 e. The molecule has 0 saturated carbocycles. The third-order valence-corrected chi connectivity index (χ3v) is 6.17. The third-order valence-electron chi connectivity index (χ3n) is 6.17. The third kappa shape index (κ3) is 3.71. The summed E-state index contributed by atoms with van der Waals surface area (Å²) in [6, 6.07) is 16.8. The molecule has 182 valence electrons. The Morgan fingerprint density at radius 3 is 2.03 bits per heavy atom. The van der Waals surface area contributed by atoms with Crippen molar-refractivity contribution in [3.05, 3.63) is 77.4 Å². The van der Waals surface area contributed by atoms with Gasteiger partial charge in [-0.25, -0.2) is 0 Å². The molecule has 3 aromatic rings. The molecular weight excluding hydrogens is 452 g/mol. The van der Waals surface area contributed by atoms with E-state index in [1.54, 1.807) is 60.7 Å². The molecule has 0 spiro atoms. The Labute approximate surface area is 203 Å². The highest BCUT2D eigenvalue weighted by Crippen LogP contribution is 2.51. The normalized spacial score (nSPS) is 18.7. The maximum Gasteiger partial charge on any atom is 0.328 e. The Morgan fingerprint density at radius 1 is 0.771 bits per heavy atom. The van der Waals surface area contributed by atoms with Crippen LogP contribution in [0.3, 0.4) is 0 Å². The molecule has 0 N–H and O–H groups in total. The fourth-order valence-electron chi connectivity index (χ4n) is 4.49. The van der Waals surface area contributed by atoms with Gasteiger partial charge in [-0.2, -0.15) is 0 Å². The number of rotatable bonds is 7. The molecule has 8 heteroatoms. The van der Waals surface area contributed by atoms with Gasteiger partial charge < -0.3 is 28.4 Å². The molecule has 8 nitrogen and oxygen atoms in total. The maximum atomic E-state index is 14.5. The molecule has 0 radical (unpaired) electrons. The molecule has 0 aliphatic carbocycles. The zero-order valence-electron chi connectivity index (χ0n) is 20.1. The van der Waals surface area contributed by atoms with Gasteiger partial charge in [0.2, 0.25) is 5.78 Å². The van der Waals surface area contributed by atoms with E-state index in [0.29, 0.717) is 45.4 Å². The first kappa shape index (κ1) is 23.9. The molecule has 2 unspecified atom stereocenters. The van der Waals surface area contributed by atoms with Gasteiger partial charge in [-0.1, -0.05) is 18.2 Å². The smallest absolute Gasteiger partial charge is 0.328 e. The van der Waals surface area contributed by atoms with Gasteiger partial charge >= 0.3 is 5.97 Å². The molecule has 0 saturated heterocycles. The summed E-state index contributed by atoms with van der Waals surface area (Å²) in [4.78, 5) is 28.1. The number of para-hydroxylation sites is 1. The van der Waals surface area contributed by atoms with Crippen LogP contribution in [0.15, 0.2) is 60.7 Å². The van der Waals surface area contributed by atoms with Gasteiger partial charge in [0.05, 0.1) is 35.5 Å². The first-order valence-electron chi connectivity index (χ1n) is 10.8. The number of methoxy groups -OCH3 is 5. The molecule has 2 atom stereocenters. The molecule has 3 aromatic carbocycles. The van der Waals surface area contributed by atoms with Gasteiger partial charge in [-0.3, -0.25) is 9.59 Å². The number of ether oxygens (including phenoxy) is 6. The summed E-state index contributed by atoms with van der Waals surface area (Å²) in [6.45, 7) is 0. The van der Waals surface area contributed by atoms with E-state index < -0.39 is 23.3 Å². The number of Topliss-reactive ketones (excluding diaryl/α,β-unsaturated/α-hetero) is 1. The molecule has 35 heavy (non-hydrogen) atoms. The number of esters is 1. The van der Waals surface area contributed by atoms with Crippen molar-refractivity contribution in [3.63, 3.8) is 0 Å². The van der Waals surface area contributed by atoms with Crippen LogP contribution in [0.4, 0.5) is 0 Å². The van der Waals surface area contributed by atoms with Crippen molar-refractivity contribution in [2.45, 2.75) is 11.5 Å². The zero-order chi connectivity index (χ0) is 25.2. The number of hydrogen-bond donors (Lipinski definition) is 0. The minimum absolute atomic E-state index is 0.292. The maximum absolute atomic E-state index is 14.5. The van der Waals surface area contributed by atoms with E-state index in [-0.39, 0.29) is 0 Å². The topological polar surface area (TPSA) is 89.5 Å². The van der Waals surface area contributed by atoms with E-state index in [0.717, 1.165) is 0 Å². The lowest BCUT2D eigenvalue weighted by Crippen LogP contribution is -2.52. The quantitative estimate of drug-likeness (QED) is 0.373. The first-order valence-corrected chi connectivity index (χ1v) is 10.8. The Kier molecular flexibility index (Phi) is 6.55. The van der Waals surface area contributed by atoms with Crippen molar-refractivity contribution in [3.8, 4) is 28.7 Å². The van der Waals surface area contributed by atoms with Crippen molar-refractivity contribution in [1.82, 2.24) is 0 Å². The number of carbonyl (C=O) groups is 2. The lowest BCUT2D eigenvalue weighted by atomic mass is 9.67. The van der Waals surface area contributed by atoms with Crippen LogP contribution in [0.25, 0.3) is 0 Å². The molecule has 0 aromatic heterocycles. The van der Waals surface area contributed by atoms with Crippen molar-refractivity contribution >= 4 is 11.8 Å². The summed E-state index contributed by atoms with van der Waals surface area (Å²) in [7, 11) is 7.24. The lowest BCUT2D eigenvalue weighted by molar-refractivity contribution is -0.153. The molecule has 0 amide bonds. The monoisotopic (exact) mass is 478 g/mol. The number of ketones is 1. The SMILES string of the molecule is COC(=O)C1(c2ccc(OC)cc2OC)C(=O)C(c2ccc(OC)cc2OC)Oc2ccccc21. The van der Waals surface area contributed by atoms with Crippen LogP contribution in [0.5, 0.6) is 28.7 Å². The molecule has 4 rings (SSSR count). The molecule has 1 aliphatic rings. The number of fused-ring (bicyclic) bond motifs is 1. The first-order chi connectivity index (χ1) is 17.0. The van der Waals surface area contributed by atoms with Gasteiger partial charge in [0.25, 0.3) is 0 Å². The predicted molar refractivity (Wildman–Crippen MR) is 127 cm³/mol. The summed E-state index contributed by atoms with van der Waals surface area (Å²) in [5, 5.41) is 0. The second-order valence-corrected chi connectivity index (χ2v) is 7.77. The highest BCUT2D eigenvalue weighted by Gasteiger charge is 2.59. The highest BCUT2D eigenvalue weighted by atomic mass is 16.5. The summed E-state index contributed by atoms with van der Waals surface area (Å²) in [5.74, 6) is 0.771. The second kappa shape index (κ2) is 9.58. The average molecular weight is 478 g/mol. The lowest BCUT2D eigenvalue weighted by Gasteiger charge is -2.40. The van der Waals surface area contributed by atoms with E-state index in [1.807, 2.05) is 0 Å². The molecule has 0 fully saturated rings. The fraction of sp³-hybridized carbons (Fsp3) is 0.259. The van der Waals surface area contributed by atoms with Gasteiger partial charge in [-0.05, 0) is 30.3 Å². The Hall–Kier alpha value is -4.20. The summed E-state index contributed by atoms with van der Waals surface area (Å²) in [5.41, 5.74) is -0.778. The zero-order valence-corrected chi connectivity index (χ0v) is 20.1. The predicted octanol–water partition coefficient (Wildman–Crippen LogP) is 3.88. The Bertz CT molecular complexity index is 1270. The van der Waals surface area contributed by atoms with Crippen molar-refractivity contribution in [2.24, 2.45) is 0 Å². The second-order valence-electron chi connectivity index (χ2n) is 7.77. The van der Waals surface area contributed by atoms with E-state index in [4.69, 9.17) is 28.4 Å². The summed E-state index contributed by atoms with van der Waals surface area (Å²) < 4.78 is 33.2. The Morgan fingerprint density at radius 2 is 1.40 bits per heavy atom. The standard InChI is InChI=1S/C27H26O8/c1-30-16-10-12-18(22(14-16)32-3)24-25(28)27(26(29)34-5,19-8-6-7-9-21(19)35-24)20-13-11-17(31-2)15-23(20)33-4/h6-15,24H,1-5H3. The number of hydrogen-bond acceptors (Lipinski definition) is 8. The van der Waals surface area contributed by atoms with E-state index in [1.165, 1.54) is 35.5 Å². The van der Waals surface area contributed by atoms with Crippen LogP contribution in [0.2, 0.25) is 0 Å². The van der Waals surface area contributed by atoms with Crippen molar-refractivity contribution < 1.29 is 38.0 Å². The van der Waals surface area contributed by atoms with Crippen LogP contribution in [-0.4, -0.2) is 47.3 Å². The van der Waals surface area contributed by atoms with Crippen LogP contribution < -0.4 is 23.7 Å². The summed E-state index contributed by atoms with van der Waals surface area (Å²) in [6.07, 6.45) is -1.18. The molecule has 1 aliphatic heterocycles. The van der Waals surface area contributed by atoms with Gasteiger partial charge in [0.1, 0.15) is 28.7 Å². The fourth-order valence-corrected chi connectivity index (χ4v) is 4.49. The highest BCUT2D eigenvalue weighted by molar-refractivity contribution is 6.17. The van der Waals surface area contributed by atoms with E-state index in [9.17, 15) is 9.59 Å². The summed E-state index contributed by atoms with van der Waals surface area (Å²) >= 11 is 0. The number of carbonyl (C=O) groups excluding carboxylic acids is 2. The van der Waals surface area contributed by atoms with Crippen molar-refractivity contribution in [1.29, 1.82) is 0 Å². The molecule has 0 bridgehead atoms. The minimum atomic E-state index is -1.88. The van der Waals surface area contributed by atoms with Gasteiger partial charge in [-0.15, -0.1) is 0 Å². The van der Waals surface area contributed by atoms with Crippen molar-refractivity contribution in [2.75, 3.05) is 35.5 Å². The molecule has 1 heterocycles. The van der Waals surface area contributed by atoms with E-state index >= 15 is 0 Å². The van der Waals surface area contributed by atoms with Crippen LogP contribution in [0, 0.1) is 0 Å². The Balaban J connectivity index is 2.05. The van der Waals surface area contributed by atoms with Crippen LogP contribution in [0.1, 0.15) is 22.8 Å². The number of benzene rings is 3. The molecular formula is C27H26O8. The van der Waals surface area contributed by atoms with E-state index in [2.05, 4.69) is 0 Å². The van der Waals surface area contributed by atoms with Crippen LogP contribution >= 0.6 is 0 Å². The minimum Gasteiger partial charge on any atom is -0.497 e.